The van der Waals surface area contributed by atoms with Crippen LogP contribution in [0.3, 0.4) is 0 Å². The Morgan fingerprint density at radius 3 is 2.55 bits per heavy atom. The lowest BCUT2D eigenvalue weighted by Gasteiger charge is -2.34. The van der Waals surface area contributed by atoms with E-state index in [1.54, 1.807) is 11.3 Å². The number of thiazole rings is 1. The maximum atomic E-state index is 4.57. The molecular formula is C15H20N4S. The van der Waals surface area contributed by atoms with Gasteiger partial charge in [-0.05, 0) is 31.0 Å². The highest BCUT2D eigenvalue weighted by atomic mass is 32.1. The van der Waals surface area contributed by atoms with Gasteiger partial charge in [-0.3, -0.25) is 9.88 Å². The van der Waals surface area contributed by atoms with Gasteiger partial charge >= 0.3 is 0 Å². The summed E-state index contributed by atoms with van der Waals surface area (Å²) in [5.74, 6) is 0. The summed E-state index contributed by atoms with van der Waals surface area (Å²) in [5, 5.41) is 3.31. The largest absolute Gasteiger partial charge is 0.346 e. The van der Waals surface area contributed by atoms with E-state index in [0.29, 0.717) is 0 Å². The quantitative estimate of drug-likeness (QED) is 0.863. The normalized spacial score (nSPS) is 16.6. The molecule has 0 spiro atoms. The minimum atomic E-state index is 1.09. The van der Waals surface area contributed by atoms with E-state index in [4.69, 9.17) is 0 Å². The topological polar surface area (TPSA) is 32.3 Å². The Morgan fingerprint density at radius 2 is 1.90 bits per heavy atom. The number of anilines is 1. The van der Waals surface area contributed by atoms with E-state index in [1.807, 2.05) is 12.4 Å². The molecule has 0 unspecified atom stereocenters. The molecule has 1 fully saturated rings. The second kappa shape index (κ2) is 6.33. The molecule has 3 rings (SSSR count). The molecule has 0 atom stereocenters. The van der Waals surface area contributed by atoms with Crippen LogP contribution < -0.4 is 4.90 Å². The lowest BCUT2D eigenvalue weighted by molar-refractivity contribution is 0.261. The van der Waals surface area contributed by atoms with E-state index in [0.717, 1.165) is 44.8 Å². The van der Waals surface area contributed by atoms with E-state index < -0.39 is 0 Å². The van der Waals surface area contributed by atoms with Gasteiger partial charge in [0, 0.05) is 50.5 Å². The van der Waals surface area contributed by atoms with Gasteiger partial charge in [-0.25, -0.2) is 4.98 Å². The average molecular weight is 288 g/mol. The standard InChI is InChI=1S/C15H20N4S/c1-13-12-20-15(17-13)19-10-8-18(9-11-19)7-4-14-2-5-16-6-3-14/h2-3,5-6,12H,4,7-11H2,1H3. The summed E-state index contributed by atoms with van der Waals surface area (Å²) >= 11 is 1.76. The van der Waals surface area contributed by atoms with Crippen LogP contribution in [-0.4, -0.2) is 47.6 Å². The Bertz CT molecular complexity index is 532. The number of piperazine rings is 1. The predicted molar refractivity (Wildman–Crippen MR) is 83.4 cm³/mol. The molecular weight excluding hydrogens is 268 g/mol. The van der Waals surface area contributed by atoms with Crippen molar-refractivity contribution in [3.05, 3.63) is 41.2 Å². The lowest BCUT2D eigenvalue weighted by Crippen LogP contribution is -2.47. The fraction of sp³-hybridized carbons (Fsp3) is 0.467. The highest BCUT2D eigenvalue weighted by Crippen LogP contribution is 2.21. The Balaban J connectivity index is 1.47. The van der Waals surface area contributed by atoms with Gasteiger partial charge in [0.05, 0.1) is 5.69 Å². The molecule has 20 heavy (non-hydrogen) atoms. The molecule has 1 aliphatic rings. The summed E-state index contributed by atoms with van der Waals surface area (Å²) in [6.07, 6.45) is 4.86. The van der Waals surface area contributed by atoms with Gasteiger partial charge in [0.25, 0.3) is 0 Å². The van der Waals surface area contributed by atoms with Crippen molar-refractivity contribution >= 4 is 16.5 Å². The van der Waals surface area contributed by atoms with Crippen LogP contribution >= 0.6 is 11.3 Å². The molecule has 106 valence electrons. The fourth-order valence-electron chi connectivity index (χ4n) is 2.49. The third kappa shape index (κ3) is 3.35. The average Bonchev–Trinajstić information content (AvgIpc) is 2.93. The first kappa shape index (κ1) is 13.5. The Kier molecular flexibility index (Phi) is 4.28. The van der Waals surface area contributed by atoms with Gasteiger partial charge in [0.2, 0.25) is 0 Å². The molecule has 0 radical (unpaired) electrons. The smallest absolute Gasteiger partial charge is 0.185 e. The molecule has 2 aromatic heterocycles. The monoisotopic (exact) mass is 288 g/mol. The Hall–Kier alpha value is -1.46. The molecule has 1 aliphatic heterocycles. The van der Waals surface area contributed by atoms with Crippen molar-refractivity contribution in [2.45, 2.75) is 13.3 Å². The first-order chi connectivity index (χ1) is 9.81. The number of rotatable bonds is 4. The molecule has 5 heteroatoms. The van der Waals surface area contributed by atoms with Gasteiger partial charge in [-0.15, -0.1) is 11.3 Å². The van der Waals surface area contributed by atoms with Crippen molar-refractivity contribution in [2.75, 3.05) is 37.6 Å². The van der Waals surface area contributed by atoms with Gasteiger partial charge in [-0.1, -0.05) is 0 Å². The third-order valence-corrected chi connectivity index (χ3v) is 4.74. The van der Waals surface area contributed by atoms with Crippen LogP contribution in [0.15, 0.2) is 29.9 Å². The van der Waals surface area contributed by atoms with Crippen LogP contribution in [0.25, 0.3) is 0 Å². The van der Waals surface area contributed by atoms with Crippen LogP contribution in [0.4, 0.5) is 5.13 Å². The predicted octanol–water partition coefficient (Wildman–Crippen LogP) is 2.21. The van der Waals surface area contributed by atoms with Gasteiger partial charge in [0.15, 0.2) is 5.13 Å². The van der Waals surface area contributed by atoms with E-state index in [-0.39, 0.29) is 0 Å². The van der Waals surface area contributed by atoms with E-state index in [1.165, 1.54) is 10.7 Å². The second-order valence-electron chi connectivity index (χ2n) is 5.21. The molecule has 4 nitrogen and oxygen atoms in total. The Morgan fingerprint density at radius 1 is 1.15 bits per heavy atom. The first-order valence-electron chi connectivity index (χ1n) is 7.09. The zero-order valence-corrected chi connectivity index (χ0v) is 12.6. The molecule has 0 amide bonds. The minimum absolute atomic E-state index is 1.09. The summed E-state index contributed by atoms with van der Waals surface area (Å²) in [7, 11) is 0. The van der Waals surface area contributed by atoms with Gasteiger partial charge in [-0.2, -0.15) is 0 Å². The van der Waals surface area contributed by atoms with Crippen molar-refractivity contribution in [3.63, 3.8) is 0 Å². The van der Waals surface area contributed by atoms with Gasteiger partial charge in [0.1, 0.15) is 0 Å². The third-order valence-electron chi connectivity index (χ3n) is 3.72. The highest BCUT2D eigenvalue weighted by Gasteiger charge is 2.18. The number of nitrogens with zero attached hydrogens (tertiary/aromatic N) is 4. The molecule has 2 aromatic rings. The zero-order chi connectivity index (χ0) is 13.8. The van der Waals surface area contributed by atoms with Crippen molar-refractivity contribution in [2.24, 2.45) is 0 Å². The summed E-state index contributed by atoms with van der Waals surface area (Å²) in [6, 6.07) is 4.21. The molecule has 0 aliphatic carbocycles. The maximum absolute atomic E-state index is 4.57. The summed E-state index contributed by atoms with van der Waals surface area (Å²) in [5.41, 5.74) is 2.50. The minimum Gasteiger partial charge on any atom is -0.346 e. The second-order valence-corrected chi connectivity index (χ2v) is 6.04. The number of aromatic nitrogens is 2. The van der Waals surface area contributed by atoms with Crippen LogP contribution in [0, 0.1) is 6.92 Å². The molecule has 0 bridgehead atoms. The molecule has 3 heterocycles. The SMILES string of the molecule is Cc1csc(N2CCN(CCc3ccncc3)CC2)n1. The maximum Gasteiger partial charge on any atom is 0.185 e. The molecule has 0 aromatic carbocycles. The van der Waals surface area contributed by atoms with Gasteiger partial charge < -0.3 is 4.90 Å². The summed E-state index contributed by atoms with van der Waals surface area (Å²) in [4.78, 5) is 13.6. The molecule has 0 N–H and O–H groups in total. The van der Waals surface area contributed by atoms with Crippen molar-refractivity contribution in [1.82, 2.24) is 14.9 Å². The van der Waals surface area contributed by atoms with E-state index in [2.05, 4.69) is 44.2 Å². The number of pyridine rings is 1. The van der Waals surface area contributed by atoms with Crippen LogP contribution in [0.1, 0.15) is 11.3 Å². The fourth-order valence-corrected chi connectivity index (χ4v) is 3.34. The van der Waals surface area contributed by atoms with Crippen LogP contribution in [0.2, 0.25) is 0 Å². The van der Waals surface area contributed by atoms with Crippen molar-refractivity contribution in [1.29, 1.82) is 0 Å². The van der Waals surface area contributed by atoms with Crippen LogP contribution in [0.5, 0.6) is 0 Å². The van der Waals surface area contributed by atoms with E-state index in [9.17, 15) is 0 Å². The molecule has 0 saturated carbocycles. The number of hydrogen-bond donors (Lipinski definition) is 0. The first-order valence-corrected chi connectivity index (χ1v) is 7.97. The lowest BCUT2D eigenvalue weighted by atomic mass is 10.2. The summed E-state index contributed by atoms with van der Waals surface area (Å²) in [6.45, 7) is 7.62. The van der Waals surface area contributed by atoms with Crippen LogP contribution in [-0.2, 0) is 6.42 Å². The number of aryl methyl sites for hydroxylation is 1. The van der Waals surface area contributed by atoms with Crippen molar-refractivity contribution in [3.8, 4) is 0 Å². The van der Waals surface area contributed by atoms with Crippen molar-refractivity contribution < 1.29 is 0 Å². The number of hydrogen-bond acceptors (Lipinski definition) is 5. The highest BCUT2D eigenvalue weighted by molar-refractivity contribution is 7.13. The molecule has 1 saturated heterocycles. The Labute approximate surface area is 124 Å². The summed E-state index contributed by atoms with van der Waals surface area (Å²) < 4.78 is 0. The van der Waals surface area contributed by atoms with E-state index >= 15 is 0 Å². The zero-order valence-electron chi connectivity index (χ0n) is 11.8.